The number of carbonyl (C=O) groups excluding carboxylic acids is 3. The lowest BCUT2D eigenvalue weighted by atomic mass is 9.93. The molecule has 2 aliphatic rings. The first-order chi connectivity index (χ1) is 16.4. The van der Waals surface area contributed by atoms with Crippen LogP contribution in [0.25, 0.3) is 10.9 Å². The molecule has 1 aliphatic carbocycles. The molecule has 0 radical (unpaired) electrons. The lowest BCUT2D eigenvalue weighted by Gasteiger charge is -2.28. The second kappa shape index (κ2) is 8.78. The molecule has 2 fully saturated rings. The van der Waals surface area contributed by atoms with E-state index in [1.54, 1.807) is 0 Å². The number of rotatable bonds is 6. The third kappa shape index (κ3) is 4.19. The van der Waals surface area contributed by atoms with Gasteiger partial charge in [0.1, 0.15) is 17.9 Å². The Morgan fingerprint density at radius 2 is 1.97 bits per heavy atom. The summed E-state index contributed by atoms with van der Waals surface area (Å²) < 4.78 is 5.99. The zero-order chi connectivity index (χ0) is 23.7. The second-order valence-corrected chi connectivity index (χ2v) is 8.94. The summed E-state index contributed by atoms with van der Waals surface area (Å²) in [7, 11) is 0. The molecule has 1 saturated heterocycles. The SMILES string of the molecule is Cc1cc(COc2ccc(CC(=O)N[C@H]3CCC[C@@]34NC(=O)NC4=O)cc2)c2ccccc2n1. The van der Waals surface area contributed by atoms with Crippen molar-refractivity contribution in [2.75, 3.05) is 0 Å². The standard InChI is InChI=1S/C26H26N4O4/c1-16-13-18(20-5-2-3-6-21(20)27-16)15-34-19-10-8-17(9-11-19)14-23(31)28-22-7-4-12-26(22)24(32)29-25(33)30-26/h2-3,5-6,8-11,13,22H,4,7,12,14-15H2,1H3,(H,28,31)(H2,29,30,32,33)/t22-,26+/m0/s1. The Kier molecular flexibility index (Phi) is 5.65. The molecule has 34 heavy (non-hydrogen) atoms. The summed E-state index contributed by atoms with van der Waals surface area (Å²) >= 11 is 0. The van der Waals surface area contributed by atoms with Crippen molar-refractivity contribution in [3.05, 3.63) is 71.4 Å². The minimum absolute atomic E-state index is 0.177. The van der Waals surface area contributed by atoms with Crippen LogP contribution < -0.4 is 20.7 Å². The van der Waals surface area contributed by atoms with E-state index in [2.05, 4.69) is 20.9 Å². The molecule has 1 spiro atoms. The van der Waals surface area contributed by atoms with E-state index in [1.165, 1.54) is 0 Å². The summed E-state index contributed by atoms with van der Waals surface area (Å²) in [6, 6.07) is 16.5. The summed E-state index contributed by atoms with van der Waals surface area (Å²) in [5.74, 6) is 0.161. The summed E-state index contributed by atoms with van der Waals surface area (Å²) in [5, 5.41) is 9.01. The number of para-hydroxylation sites is 1. The van der Waals surface area contributed by atoms with Gasteiger partial charge in [0.05, 0.1) is 18.0 Å². The van der Waals surface area contributed by atoms with Crippen molar-refractivity contribution in [3.63, 3.8) is 0 Å². The van der Waals surface area contributed by atoms with Gasteiger partial charge in [-0.3, -0.25) is 19.9 Å². The Hall–Kier alpha value is -3.94. The minimum atomic E-state index is -1.03. The molecule has 3 N–H and O–H groups in total. The highest BCUT2D eigenvalue weighted by Crippen LogP contribution is 2.32. The summed E-state index contributed by atoms with van der Waals surface area (Å²) in [6.45, 7) is 2.39. The molecule has 1 saturated carbocycles. The lowest BCUT2D eigenvalue weighted by Crippen LogP contribution is -2.59. The highest BCUT2D eigenvalue weighted by atomic mass is 16.5. The van der Waals surface area contributed by atoms with Crippen LogP contribution in [0, 0.1) is 6.92 Å². The van der Waals surface area contributed by atoms with Gasteiger partial charge in [-0.25, -0.2) is 4.79 Å². The fraction of sp³-hybridized carbons (Fsp3) is 0.308. The first kappa shape index (κ1) is 21.9. The Morgan fingerprint density at radius 1 is 1.18 bits per heavy atom. The fourth-order valence-corrected chi connectivity index (χ4v) is 4.94. The first-order valence-electron chi connectivity index (χ1n) is 11.4. The van der Waals surface area contributed by atoms with Gasteiger partial charge in [-0.05, 0) is 56.0 Å². The average molecular weight is 459 g/mol. The molecule has 2 aromatic carbocycles. The van der Waals surface area contributed by atoms with E-state index < -0.39 is 17.6 Å². The van der Waals surface area contributed by atoms with Crippen molar-refractivity contribution in [3.8, 4) is 5.75 Å². The highest BCUT2D eigenvalue weighted by Gasteiger charge is 2.54. The quantitative estimate of drug-likeness (QED) is 0.492. The zero-order valence-electron chi connectivity index (χ0n) is 18.9. The average Bonchev–Trinajstić information content (AvgIpc) is 3.34. The largest absolute Gasteiger partial charge is 0.489 e. The molecule has 2 heterocycles. The maximum Gasteiger partial charge on any atom is 0.322 e. The number of carbonyl (C=O) groups is 3. The van der Waals surface area contributed by atoms with Gasteiger partial charge in [0.15, 0.2) is 0 Å². The van der Waals surface area contributed by atoms with E-state index in [-0.39, 0.29) is 18.2 Å². The molecule has 1 aromatic heterocycles. The number of aromatic nitrogens is 1. The number of fused-ring (bicyclic) bond motifs is 1. The van der Waals surface area contributed by atoms with Crippen molar-refractivity contribution < 1.29 is 19.1 Å². The molecule has 3 aromatic rings. The number of nitrogens with zero attached hydrogens (tertiary/aromatic N) is 1. The number of pyridine rings is 1. The van der Waals surface area contributed by atoms with Crippen LogP contribution in [0.4, 0.5) is 4.79 Å². The normalized spacial score (nSPS) is 21.5. The van der Waals surface area contributed by atoms with Gasteiger partial charge >= 0.3 is 6.03 Å². The molecule has 0 bridgehead atoms. The van der Waals surface area contributed by atoms with E-state index in [1.807, 2.05) is 61.5 Å². The Morgan fingerprint density at radius 3 is 2.74 bits per heavy atom. The Labute approximate surface area is 197 Å². The number of urea groups is 1. The molecule has 174 valence electrons. The van der Waals surface area contributed by atoms with E-state index in [4.69, 9.17) is 4.74 Å². The number of hydrogen-bond acceptors (Lipinski definition) is 5. The van der Waals surface area contributed by atoms with Gasteiger partial charge in [-0.2, -0.15) is 0 Å². The van der Waals surface area contributed by atoms with Crippen molar-refractivity contribution in [2.45, 2.75) is 50.8 Å². The van der Waals surface area contributed by atoms with Crippen LogP contribution in [0.3, 0.4) is 0 Å². The van der Waals surface area contributed by atoms with Crippen molar-refractivity contribution >= 4 is 28.7 Å². The molecule has 5 rings (SSSR count). The van der Waals surface area contributed by atoms with Gasteiger partial charge in [0.2, 0.25) is 5.91 Å². The number of benzene rings is 2. The third-order valence-corrected chi connectivity index (χ3v) is 6.58. The number of aryl methyl sites for hydroxylation is 1. The smallest absolute Gasteiger partial charge is 0.322 e. The molecule has 0 unspecified atom stereocenters. The van der Waals surface area contributed by atoms with Crippen LogP contribution in [0.5, 0.6) is 5.75 Å². The Balaban J connectivity index is 1.19. The Bertz CT molecular complexity index is 1270. The lowest BCUT2D eigenvalue weighted by molar-refractivity contribution is -0.126. The van der Waals surface area contributed by atoms with Crippen LogP contribution in [0.15, 0.2) is 54.6 Å². The van der Waals surface area contributed by atoms with Crippen LogP contribution in [0.1, 0.15) is 36.1 Å². The summed E-state index contributed by atoms with van der Waals surface area (Å²) in [5.41, 5.74) is 2.76. The van der Waals surface area contributed by atoms with Gasteiger partial charge in [-0.1, -0.05) is 30.3 Å². The van der Waals surface area contributed by atoms with E-state index in [0.717, 1.165) is 34.1 Å². The molecular weight excluding hydrogens is 432 g/mol. The predicted octanol–water partition coefficient (Wildman–Crippen LogP) is 2.91. The fourth-order valence-electron chi connectivity index (χ4n) is 4.94. The minimum Gasteiger partial charge on any atom is -0.489 e. The molecule has 4 amide bonds. The molecular formula is C26H26N4O4. The van der Waals surface area contributed by atoms with Gasteiger partial charge in [0.25, 0.3) is 5.91 Å². The topological polar surface area (TPSA) is 109 Å². The first-order valence-corrected chi connectivity index (χ1v) is 11.4. The molecule has 2 atom stereocenters. The number of imide groups is 1. The number of hydrogen-bond donors (Lipinski definition) is 3. The molecule has 8 heteroatoms. The van der Waals surface area contributed by atoms with Crippen molar-refractivity contribution in [1.82, 2.24) is 20.9 Å². The summed E-state index contributed by atoms with van der Waals surface area (Å²) in [4.78, 5) is 41.1. The van der Waals surface area contributed by atoms with Gasteiger partial charge in [-0.15, -0.1) is 0 Å². The number of nitrogens with one attached hydrogen (secondary N) is 3. The zero-order valence-corrected chi connectivity index (χ0v) is 18.9. The van der Waals surface area contributed by atoms with Crippen LogP contribution in [-0.4, -0.2) is 34.4 Å². The monoisotopic (exact) mass is 458 g/mol. The van der Waals surface area contributed by atoms with Crippen molar-refractivity contribution in [1.29, 1.82) is 0 Å². The van der Waals surface area contributed by atoms with Crippen LogP contribution in [-0.2, 0) is 22.6 Å². The molecule has 1 aliphatic heterocycles. The maximum absolute atomic E-state index is 12.7. The van der Waals surface area contributed by atoms with Gasteiger partial charge in [0, 0.05) is 16.6 Å². The number of amides is 4. The van der Waals surface area contributed by atoms with E-state index in [0.29, 0.717) is 25.2 Å². The van der Waals surface area contributed by atoms with Crippen molar-refractivity contribution in [2.24, 2.45) is 0 Å². The predicted molar refractivity (Wildman–Crippen MR) is 126 cm³/mol. The van der Waals surface area contributed by atoms with Crippen LogP contribution >= 0.6 is 0 Å². The summed E-state index contributed by atoms with van der Waals surface area (Å²) in [6.07, 6.45) is 2.11. The van der Waals surface area contributed by atoms with Crippen LogP contribution in [0.2, 0.25) is 0 Å². The second-order valence-electron chi connectivity index (χ2n) is 8.94. The molecule has 8 nitrogen and oxygen atoms in total. The number of ether oxygens (including phenoxy) is 1. The third-order valence-electron chi connectivity index (χ3n) is 6.58. The van der Waals surface area contributed by atoms with E-state index in [9.17, 15) is 14.4 Å². The van der Waals surface area contributed by atoms with E-state index >= 15 is 0 Å². The van der Waals surface area contributed by atoms with Gasteiger partial charge < -0.3 is 15.4 Å². The maximum atomic E-state index is 12.7. The highest BCUT2D eigenvalue weighted by molar-refractivity contribution is 6.08.